The van der Waals surface area contributed by atoms with Crippen LogP contribution < -0.4 is 4.72 Å². The van der Waals surface area contributed by atoms with E-state index in [1.807, 2.05) is 13.0 Å². The van der Waals surface area contributed by atoms with E-state index in [9.17, 15) is 13.2 Å². The smallest absolute Gasteiger partial charge is 0.358 e. The molecule has 0 aliphatic rings. The number of ether oxygens (including phenoxy) is 1. The van der Waals surface area contributed by atoms with Gasteiger partial charge in [-0.2, -0.15) is 0 Å². The number of aromatic nitrogens is 2. The average molecular weight is 327 g/mol. The Hall–Kier alpha value is -1.84. The van der Waals surface area contributed by atoms with Gasteiger partial charge in [0, 0.05) is 5.69 Å². The van der Waals surface area contributed by atoms with Gasteiger partial charge in [0.15, 0.2) is 9.90 Å². The molecular weight excluding hydrogens is 314 g/mol. The molecule has 0 aliphatic heterocycles. The molecule has 0 unspecified atom stereocenters. The first-order valence-corrected chi connectivity index (χ1v) is 8.24. The lowest BCUT2D eigenvalue weighted by Crippen LogP contribution is -2.25. The molecule has 112 valence electrons. The molecule has 2 aromatic heterocycles. The van der Waals surface area contributed by atoms with E-state index in [0.29, 0.717) is 5.69 Å². The standard InChI is InChI=1S/C12H13N3O4S2/c1-8-4-3-5-9(15-8)6-14-21(17,18)12-10(11(16)19-2)13-7-20-12/h3-5,7,14H,6H2,1-2H3. The molecule has 0 saturated heterocycles. The van der Waals surface area contributed by atoms with Crippen molar-refractivity contribution in [3.05, 3.63) is 40.8 Å². The molecule has 0 amide bonds. The van der Waals surface area contributed by atoms with Crippen molar-refractivity contribution in [3.8, 4) is 0 Å². The average Bonchev–Trinajstić information content (AvgIpc) is 2.95. The van der Waals surface area contributed by atoms with Gasteiger partial charge in [-0.3, -0.25) is 4.98 Å². The fourth-order valence-electron chi connectivity index (χ4n) is 1.59. The van der Waals surface area contributed by atoms with Crippen LogP contribution in [0.15, 0.2) is 27.9 Å². The molecule has 0 aliphatic carbocycles. The lowest BCUT2D eigenvalue weighted by molar-refractivity contribution is 0.0590. The number of pyridine rings is 1. The number of rotatable bonds is 5. The van der Waals surface area contributed by atoms with E-state index in [2.05, 4.69) is 19.4 Å². The number of carbonyl (C=O) groups is 1. The maximum Gasteiger partial charge on any atom is 0.358 e. The zero-order valence-corrected chi connectivity index (χ0v) is 13.0. The quantitative estimate of drug-likeness (QED) is 0.826. The van der Waals surface area contributed by atoms with Crippen LogP contribution in [0.3, 0.4) is 0 Å². The number of nitrogens with zero attached hydrogens (tertiary/aromatic N) is 2. The first kappa shape index (κ1) is 15.5. The molecule has 0 fully saturated rings. The van der Waals surface area contributed by atoms with Crippen LogP contribution in [0.4, 0.5) is 0 Å². The monoisotopic (exact) mass is 327 g/mol. The van der Waals surface area contributed by atoms with Gasteiger partial charge in [0.05, 0.1) is 24.9 Å². The van der Waals surface area contributed by atoms with Crippen molar-refractivity contribution in [1.82, 2.24) is 14.7 Å². The molecule has 9 heteroatoms. The molecular formula is C12H13N3O4S2. The van der Waals surface area contributed by atoms with Gasteiger partial charge in [-0.15, -0.1) is 11.3 Å². The number of methoxy groups -OCH3 is 1. The lowest BCUT2D eigenvalue weighted by Gasteiger charge is -2.06. The second-order valence-electron chi connectivity index (χ2n) is 4.07. The Morgan fingerprint density at radius 1 is 1.43 bits per heavy atom. The SMILES string of the molecule is COC(=O)c1ncsc1S(=O)(=O)NCc1cccc(C)n1. The fraction of sp³-hybridized carbons (Fsp3) is 0.250. The molecule has 0 radical (unpaired) electrons. The van der Waals surface area contributed by atoms with Crippen LogP contribution in [0.1, 0.15) is 21.9 Å². The topological polar surface area (TPSA) is 98.2 Å². The summed E-state index contributed by atoms with van der Waals surface area (Å²) in [5.41, 5.74) is 2.45. The Labute approximate surface area is 126 Å². The third-order valence-electron chi connectivity index (χ3n) is 2.55. The molecule has 0 atom stereocenters. The third kappa shape index (κ3) is 3.63. The molecule has 0 saturated carbocycles. The predicted molar refractivity (Wildman–Crippen MR) is 76.5 cm³/mol. The van der Waals surface area contributed by atoms with Crippen molar-refractivity contribution in [3.63, 3.8) is 0 Å². The van der Waals surface area contributed by atoms with Gasteiger partial charge in [-0.1, -0.05) is 6.07 Å². The molecule has 7 nitrogen and oxygen atoms in total. The van der Waals surface area contributed by atoms with Crippen LogP contribution in [0.25, 0.3) is 0 Å². The van der Waals surface area contributed by atoms with Crippen molar-refractivity contribution in [1.29, 1.82) is 0 Å². The summed E-state index contributed by atoms with van der Waals surface area (Å²) < 4.78 is 31.2. The minimum Gasteiger partial charge on any atom is -0.464 e. The number of hydrogen-bond donors (Lipinski definition) is 1. The molecule has 21 heavy (non-hydrogen) atoms. The number of aryl methyl sites for hydroxylation is 1. The zero-order chi connectivity index (χ0) is 15.5. The minimum atomic E-state index is -3.85. The molecule has 2 heterocycles. The van der Waals surface area contributed by atoms with Crippen LogP contribution in [0.5, 0.6) is 0 Å². The second kappa shape index (κ2) is 6.29. The van der Waals surface area contributed by atoms with Crippen LogP contribution in [-0.2, 0) is 21.3 Å². The normalized spacial score (nSPS) is 11.3. The Balaban J connectivity index is 2.19. The summed E-state index contributed by atoms with van der Waals surface area (Å²) in [4.78, 5) is 19.4. The number of thiazole rings is 1. The Kier molecular flexibility index (Phi) is 4.66. The number of carbonyl (C=O) groups excluding carboxylic acids is 1. The molecule has 2 rings (SSSR count). The lowest BCUT2D eigenvalue weighted by atomic mass is 10.3. The first-order chi connectivity index (χ1) is 9.94. The van der Waals surface area contributed by atoms with Crippen LogP contribution in [0.2, 0.25) is 0 Å². The summed E-state index contributed by atoms with van der Waals surface area (Å²) in [6.45, 7) is 1.85. The minimum absolute atomic E-state index is 0.0303. The van der Waals surface area contributed by atoms with E-state index in [4.69, 9.17) is 0 Å². The van der Waals surface area contributed by atoms with Crippen LogP contribution in [0, 0.1) is 6.92 Å². The third-order valence-corrected chi connectivity index (χ3v) is 5.32. The van der Waals surface area contributed by atoms with Gasteiger partial charge < -0.3 is 4.74 Å². The Bertz CT molecular complexity index is 755. The number of nitrogens with one attached hydrogen (secondary N) is 1. The van der Waals surface area contributed by atoms with Crippen molar-refractivity contribution in [2.45, 2.75) is 17.7 Å². The molecule has 2 aromatic rings. The summed E-state index contributed by atoms with van der Waals surface area (Å²) in [5, 5.41) is 0. The largest absolute Gasteiger partial charge is 0.464 e. The maximum absolute atomic E-state index is 12.2. The summed E-state index contributed by atoms with van der Waals surface area (Å²) >= 11 is 0.856. The zero-order valence-electron chi connectivity index (χ0n) is 11.4. The van der Waals surface area contributed by atoms with E-state index in [-0.39, 0.29) is 16.4 Å². The highest BCUT2D eigenvalue weighted by Gasteiger charge is 2.26. The predicted octanol–water partition coefficient (Wildman–Crippen LogP) is 1.11. The molecule has 0 aromatic carbocycles. The van der Waals surface area contributed by atoms with E-state index < -0.39 is 16.0 Å². The second-order valence-corrected chi connectivity index (χ2v) is 6.89. The van der Waals surface area contributed by atoms with Crippen molar-refractivity contribution < 1.29 is 17.9 Å². The molecule has 0 bridgehead atoms. The van der Waals surface area contributed by atoms with Gasteiger partial charge in [0.2, 0.25) is 0 Å². The van der Waals surface area contributed by atoms with Gasteiger partial charge in [-0.05, 0) is 19.1 Å². The highest BCUT2D eigenvalue weighted by atomic mass is 32.2. The number of esters is 1. The number of sulfonamides is 1. The first-order valence-electron chi connectivity index (χ1n) is 5.88. The molecule has 0 spiro atoms. The summed E-state index contributed by atoms with van der Waals surface area (Å²) in [5.74, 6) is -0.787. The van der Waals surface area contributed by atoms with Crippen molar-refractivity contribution in [2.24, 2.45) is 0 Å². The van der Waals surface area contributed by atoms with Crippen LogP contribution >= 0.6 is 11.3 Å². The number of hydrogen-bond acceptors (Lipinski definition) is 7. The van der Waals surface area contributed by atoms with Gasteiger partial charge in [-0.25, -0.2) is 22.9 Å². The van der Waals surface area contributed by atoms with E-state index in [0.717, 1.165) is 17.0 Å². The van der Waals surface area contributed by atoms with Crippen molar-refractivity contribution in [2.75, 3.05) is 7.11 Å². The summed E-state index contributed by atoms with van der Waals surface area (Å²) in [6, 6.07) is 5.32. The van der Waals surface area contributed by atoms with E-state index >= 15 is 0 Å². The van der Waals surface area contributed by atoms with Gasteiger partial charge in [0.25, 0.3) is 10.0 Å². The van der Waals surface area contributed by atoms with Gasteiger partial charge in [0.1, 0.15) is 0 Å². The van der Waals surface area contributed by atoms with Crippen molar-refractivity contribution >= 4 is 27.3 Å². The molecule has 1 N–H and O–H groups in total. The van der Waals surface area contributed by atoms with E-state index in [1.165, 1.54) is 12.6 Å². The highest BCUT2D eigenvalue weighted by Crippen LogP contribution is 2.20. The fourth-order valence-corrected chi connectivity index (χ4v) is 3.76. The van der Waals surface area contributed by atoms with Crippen LogP contribution in [-0.4, -0.2) is 31.5 Å². The Morgan fingerprint density at radius 3 is 2.86 bits per heavy atom. The van der Waals surface area contributed by atoms with Gasteiger partial charge >= 0.3 is 5.97 Å². The maximum atomic E-state index is 12.2. The summed E-state index contributed by atoms with van der Waals surface area (Å²) in [7, 11) is -2.68. The summed E-state index contributed by atoms with van der Waals surface area (Å²) in [6.07, 6.45) is 0. The Morgan fingerprint density at radius 2 is 2.19 bits per heavy atom. The highest BCUT2D eigenvalue weighted by molar-refractivity contribution is 7.91. The van der Waals surface area contributed by atoms with E-state index in [1.54, 1.807) is 12.1 Å².